The second-order valence-electron chi connectivity index (χ2n) is 6.49. The second kappa shape index (κ2) is 10.4. The predicted molar refractivity (Wildman–Crippen MR) is 114 cm³/mol. The van der Waals surface area contributed by atoms with Crippen molar-refractivity contribution in [1.29, 1.82) is 0 Å². The van der Waals surface area contributed by atoms with Gasteiger partial charge in [0.25, 0.3) is 0 Å². The number of nitrogens with zero attached hydrogens (tertiary/aromatic N) is 2. The fourth-order valence-electron chi connectivity index (χ4n) is 3.16. The molecule has 1 atom stereocenters. The van der Waals surface area contributed by atoms with Crippen molar-refractivity contribution >= 4 is 39.8 Å². The molecule has 9 heteroatoms. The van der Waals surface area contributed by atoms with Gasteiger partial charge in [-0.15, -0.1) is 24.0 Å². The largest absolute Gasteiger partial charge is 0.370 e. The second-order valence-corrected chi connectivity index (χ2v) is 8.63. The van der Waals surface area contributed by atoms with Gasteiger partial charge in [0.05, 0.1) is 12.3 Å². The number of hydrogen-bond donors (Lipinski definition) is 2. The number of rotatable bonds is 7. The quantitative estimate of drug-likeness (QED) is 0.341. The molecular formula is C17H28FIN4O2S. The molecule has 1 saturated heterocycles. The highest BCUT2D eigenvalue weighted by atomic mass is 127. The topological polar surface area (TPSA) is 87.8 Å². The Bertz CT molecular complexity index is 727. The molecule has 1 aromatic carbocycles. The first-order valence-corrected chi connectivity index (χ1v) is 10.6. The van der Waals surface area contributed by atoms with E-state index in [0.29, 0.717) is 17.2 Å². The SMILES string of the molecule is CCN1CCCC1CNC(N)=NCc1cc(F)ccc1CS(C)(=O)=O.I. The molecule has 3 N–H and O–H groups in total. The Morgan fingerprint density at radius 3 is 2.81 bits per heavy atom. The van der Waals surface area contributed by atoms with Crippen molar-refractivity contribution in [2.45, 2.75) is 38.1 Å². The van der Waals surface area contributed by atoms with Crippen LogP contribution in [0, 0.1) is 5.82 Å². The maximum Gasteiger partial charge on any atom is 0.188 e. The number of hydrogen-bond acceptors (Lipinski definition) is 4. The van der Waals surface area contributed by atoms with E-state index < -0.39 is 15.7 Å². The summed E-state index contributed by atoms with van der Waals surface area (Å²) < 4.78 is 36.5. The van der Waals surface area contributed by atoms with Crippen molar-refractivity contribution in [3.63, 3.8) is 0 Å². The van der Waals surface area contributed by atoms with Crippen molar-refractivity contribution in [2.24, 2.45) is 10.7 Å². The zero-order valence-corrected chi connectivity index (χ0v) is 18.4. The third-order valence-corrected chi connectivity index (χ3v) is 5.27. The van der Waals surface area contributed by atoms with Crippen LogP contribution in [0.15, 0.2) is 23.2 Å². The molecule has 0 amide bonds. The van der Waals surface area contributed by atoms with Gasteiger partial charge in [-0.1, -0.05) is 13.0 Å². The third-order valence-electron chi connectivity index (χ3n) is 4.43. The fraction of sp³-hybridized carbons (Fsp3) is 0.588. The molecule has 0 aliphatic carbocycles. The van der Waals surface area contributed by atoms with Crippen LogP contribution in [0.2, 0.25) is 0 Å². The van der Waals surface area contributed by atoms with Crippen LogP contribution in [0.5, 0.6) is 0 Å². The zero-order chi connectivity index (χ0) is 18.4. The Morgan fingerprint density at radius 1 is 1.42 bits per heavy atom. The first-order chi connectivity index (χ1) is 11.8. The summed E-state index contributed by atoms with van der Waals surface area (Å²) in [6.07, 6.45) is 3.48. The van der Waals surface area contributed by atoms with Crippen LogP contribution in [0.1, 0.15) is 30.9 Å². The number of aliphatic imine (C=N–C) groups is 1. The Labute approximate surface area is 172 Å². The van der Waals surface area contributed by atoms with Crippen LogP contribution in [-0.2, 0) is 22.1 Å². The Hall–Kier alpha value is -0.940. The highest BCUT2D eigenvalue weighted by Gasteiger charge is 2.22. The van der Waals surface area contributed by atoms with Crippen LogP contribution >= 0.6 is 24.0 Å². The minimum Gasteiger partial charge on any atom is -0.370 e. The molecule has 148 valence electrons. The molecule has 0 saturated carbocycles. The van der Waals surface area contributed by atoms with Gasteiger partial charge in [-0.25, -0.2) is 17.8 Å². The van der Waals surface area contributed by atoms with Crippen LogP contribution in [0.4, 0.5) is 4.39 Å². The first kappa shape index (κ1) is 23.1. The minimum atomic E-state index is -3.20. The fourth-order valence-corrected chi connectivity index (χ4v) is 4.00. The molecule has 1 aromatic rings. The summed E-state index contributed by atoms with van der Waals surface area (Å²) in [5, 5.41) is 3.12. The molecule has 6 nitrogen and oxygen atoms in total. The van der Waals surface area contributed by atoms with E-state index in [-0.39, 0.29) is 42.2 Å². The Balaban J connectivity index is 0.00000338. The molecule has 1 fully saturated rings. The van der Waals surface area contributed by atoms with Crippen molar-refractivity contribution < 1.29 is 12.8 Å². The summed E-state index contributed by atoms with van der Waals surface area (Å²) in [7, 11) is -3.20. The van der Waals surface area contributed by atoms with E-state index >= 15 is 0 Å². The minimum absolute atomic E-state index is 0. The van der Waals surface area contributed by atoms with Gasteiger partial charge >= 0.3 is 0 Å². The number of nitrogens with two attached hydrogens (primary N) is 1. The van der Waals surface area contributed by atoms with E-state index in [1.165, 1.54) is 24.6 Å². The van der Waals surface area contributed by atoms with E-state index in [1.54, 1.807) is 0 Å². The number of nitrogens with one attached hydrogen (secondary N) is 1. The normalized spacial score (nSPS) is 18.6. The van der Waals surface area contributed by atoms with Crippen LogP contribution in [-0.4, -0.2) is 51.2 Å². The number of likely N-dealkylation sites (N-methyl/N-ethyl adjacent to an activating group) is 1. The number of benzene rings is 1. The lowest BCUT2D eigenvalue weighted by Gasteiger charge is -2.23. The highest BCUT2D eigenvalue weighted by Crippen LogP contribution is 2.16. The number of guanidine groups is 1. The lowest BCUT2D eigenvalue weighted by molar-refractivity contribution is 0.267. The van der Waals surface area contributed by atoms with E-state index in [0.717, 1.165) is 32.3 Å². The number of sulfone groups is 1. The summed E-state index contributed by atoms with van der Waals surface area (Å²) in [5.74, 6) is -0.269. The molecule has 1 heterocycles. The molecule has 0 radical (unpaired) electrons. The lowest BCUT2D eigenvalue weighted by Crippen LogP contribution is -2.42. The molecule has 1 aliphatic rings. The van der Waals surface area contributed by atoms with Crippen LogP contribution in [0.3, 0.4) is 0 Å². The monoisotopic (exact) mass is 498 g/mol. The van der Waals surface area contributed by atoms with Gasteiger partial charge in [0.2, 0.25) is 0 Å². The summed E-state index contributed by atoms with van der Waals surface area (Å²) in [4.78, 5) is 6.64. The highest BCUT2D eigenvalue weighted by molar-refractivity contribution is 14.0. The van der Waals surface area contributed by atoms with Crippen molar-refractivity contribution in [2.75, 3.05) is 25.9 Å². The van der Waals surface area contributed by atoms with E-state index in [9.17, 15) is 12.8 Å². The zero-order valence-electron chi connectivity index (χ0n) is 15.2. The lowest BCUT2D eigenvalue weighted by atomic mass is 10.1. The number of halogens is 2. The van der Waals surface area contributed by atoms with E-state index in [2.05, 4.69) is 22.1 Å². The third kappa shape index (κ3) is 7.36. The summed E-state index contributed by atoms with van der Waals surface area (Å²) in [6.45, 7) is 5.13. The standard InChI is InChI=1S/C17H27FN4O2S.HI/c1-3-22-8-4-5-16(22)11-21-17(19)20-10-14-9-15(18)7-6-13(14)12-25(2,23)24;/h6-7,9,16H,3-5,8,10-12H2,1-2H3,(H3,19,20,21);1H. The van der Waals surface area contributed by atoms with Gasteiger partial charge in [0, 0.05) is 18.8 Å². The van der Waals surface area contributed by atoms with Crippen LogP contribution in [0.25, 0.3) is 0 Å². The molecule has 0 aromatic heterocycles. The van der Waals surface area contributed by atoms with Crippen molar-refractivity contribution in [1.82, 2.24) is 10.2 Å². The Morgan fingerprint density at radius 2 is 2.15 bits per heavy atom. The van der Waals surface area contributed by atoms with Gasteiger partial charge < -0.3 is 11.1 Å². The summed E-state index contributed by atoms with van der Waals surface area (Å²) in [6, 6.07) is 4.51. The molecule has 26 heavy (non-hydrogen) atoms. The molecule has 2 rings (SSSR count). The van der Waals surface area contributed by atoms with Crippen molar-refractivity contribution in [3.05, 3.63) is 35.1 Å². The summed E-state index contributed by atoms with van der Waals surface area (Å²) in [5.41, 5.74) is 6.99. The molecule has 1 aliphatic heterocycles. The average Bonchev–Trinajstić information content (AvgIpc) is 2.99. The molecule has 0 spiro atoms. The maximum absolute atomic E-state index is 13.5. The van der Waals surface area contributed by atoms with Gasteiger partial charge in [0.1, 0.15) is 5.82 Å². The van der Waals surface area contributed by atoms with E-state index in [4.69, 9.17) is 5.73 Å². The molecular weight excluding hydrogens is 470 g/mol. The predicted octanol–water partition coefficient (Wildman–Crippen LogP) is 1.88. The molecule has 1 unspecified atom stereocenters. The number of likely N-dealkylation sites (tertiary alicyclic amines) is 1. The van der Waals surface area contributed by atoms with E-state index in [1.807, 2.05) is 0 Å². The summed E-state index contributed by atoms with van der Waals surface area (Å²) >= 11 is 0. The first-order valence-electron chi connectivity index (χ1n) is 8.51. The van der Waals surface area contributed by atoms with Gasteiger partial charge in [-0.05, 0) is 49.2 Å². The maximum atomic E-state index is 13.5. The smallest absolute Gasteiger partial charge is 0.188 e. The van der Waals surface area contributed by atoms with Gasteiger partial charge in [0.15, 0.2) is 15.8 Å². The van der Waals surface area contributed by atoms with Crippen LogP contribution < -0.4 is 11.1 Å². The van der Waals surface area contributed by atoms with Crippen molar-refractivity contribution in [3.8, 4) is 0 Å². The average molecular weight is 498 g/mol. The van der Waals surface area contributed by atoms with Gasteiger partial charge in [-0.3, -0.25) is 4.90 Å². The van der Waals surface area contributed by atoms with Gasteiger partial charge in [-0.2, -0.15) is 0 Å². The molecule has 0 bridgehead atoms. The Kier molecular flexibility index (Phi) is 9.25.